The molecule has 0 aromatic heterocycles. The fourth-order valence-corrected chi connectivity index (χ4v) is 2.02. The highest BCUT2D eigenvalue weighted by Crippen LogP contribution is 2.36. The highest BCUT2D eigenvalue weighted by atomic mass is 19.1. The van der Waals surface area contributed by atoms with Crippen LogP contribution in [0.2, 0.25) is 0 Å². The summed E-state index contributed by atoms with van der Waals surface area (Å²) in [5.74, 6) is -0.611. The lowest BCUT2D eigenvalue weighted by Crippen LogP contribution is -2.41. The van der Waals surface area contributed by atoms with Crippen molar-refractivity contribution in [2.45, 2.75) is 52.2 Å². The predicted octanol–water partition coefficient (Wildman–Crippen LogP) is 2.47. The molecule has 0 aliphatic carbocycles. The highest BCUT2D eigenvalue weighted by molar-refractivity contribution is 6.62. The maximum absolute atomic E-state index is 14.2. The van der Waals surface area contributed by atoms with E-state index in [0.29, 0.717) is 17.6 Å². The van der Waals surface area contributed by atoms with E-state index in [-0.39, 0.29) is 5.91 Å². The van der Waals surface area contributed by atoms with E-state index in [1.165, 1.54) is 6.07 Å². The van der Waals surface area contributed by atoms with Crippen LogP contribution in [0.15, 0.2) is 18.2 Å². The molecule has 4 nitrogen and oxygen atoms in total. The van der Waals surface area contributed by atoms with Gasteiger partial charge in [0.15, 0.2) is 0 Å². The smallest absolute Gasteiger partial charge is 0.399 e. The van der Waals surface area contributed by atoms with Crippen molar-refractivity contribution < 1.29 is 18.5 Å². The molecule has 1 saturated heterocycles. The van der Waals surface area contributed by atoms with E-state index in [0.717, 1.165) is 0 Å². The molecule has 1 heterocycles. The Labute approximate surface area is 125 Å². The third-order valence-electron chi connectivity index (χ3n) is 4.11. The van der Waals surface area contributed by atoms with Gasteiger partial charge in [-0.1, -0.05) is 13.0 Å². The van der Waals surface area contributed by atoms with Crippen LogP contribution in [0.1, 0.15) is 41.0 Å². The first kappa shape index (κ1) is 16.0. The summed E-state index contributed by atoms with van der Waals surface area (Å²) in [6.45, 7) is 9.41. The minimum absolute atomic E-state index is 0.155. The molecular formula is C15H21BFNO3. The lowest BCUT2D eigenvalue weighted by molar-refractivity contribution is -0.115. The fourth-order valence-electron chi connectivity index (χ4n) is 2.02. The van der Waals surface area contributed by atoms with Crippen molar-refractivity contribution in [2.24, 2.45) is 0 Å². The molecule has 0 saturated carbocycles. The summed E-state index contributed by atoms with van der Waals surface area (Å²) in [6, 6.07) is 4.52. The third-order valence-corrected chi connectivity index (χ3v) is 4.11. The van der Waals surface area contributed by atoms with Crippen LogP contribution in [-0.2, 0) is 14.1 Å². The summed E-state index contributed by atoms with van der Waals surface area (Å²) in [7, 11) is -0.745. The largest absolute Gasteiger partial charge is 0.497 e. The maximum Gasteiger partial charge on any atom is 0.497 e. The van der Waals surface area contributed by atoms with Gasteiger partial charge in [-0.3, -0.25) is 4.79 Å². The lowest BCUT2D eigenvalue weighted by atomic mass is 9.78. The average molecular weight is 293 g/mol. The Kier molecular flexibility index (Phi) is 4.13. The van der Waals surface area contributed by atoms with Crippen molar-refractivity contribution >= 4 is 24.2 Å². The summed E-state index contributed by atoms with van der Waals surface area (Å²) < 4.78 is 25.9. The molecule has 21 heavy (non-hydrogen) atoms. The zero-order valence-electron chi connectivity index (χ0n) is 13.1. The van der Waals surface area contributed by atoms with Gasteiger partial charge in [0.1, 0.15) is 5.82 Å². The molecule has 1 fully saturated rings. The number of benzene rings is 1. The molecule has 1 aliphatic rings. The summed E-state index contributed by atoms with van der Waals surface area (Å²) in [6.07, 6.45) is 0.348. The Balaban J connectivity index is 2.21. The van der Waals surface area contributed by atoms with E-state index in [9.17, 15) is 9.18 Å². The van der Waals surface area contributed by atoms with Gasteiger partial charge in [-0.2, -0.15) is 0 Å². The van der Waals surface area contributed by atoms with Crippen molar-refractivity contribution in [1.29, 1.82) is 0 Å². The molecular weight excluding hydrogens is 272 g/mol. The van der Waals surface area contributed by atoms with Crippen LogP contribution in [-0.4, -0.2) is 24.2 Å². The predicted molar refractivity (Wildman–Crippen MR) is 81.0 cm³/mol. The monoisotopic (exact) mass is 293 g/mol. The van der Waals surface area contributed by atoms with E-state index in [2.05, 4.69) is 5.32 Å². The van der Waals surface area contributed by atoms with Gasteiger partial charge >= 0.3 is 7.12 Å². The lowest BCUT2D eigenvalue weighted by Gasteiger charge is -2.32. The standard InChI is InChI=1S/C15H21BFNO3/c1-6-13(19)18-10-7-8-11(12(17)9-10)16-20-14(2,3)15(4,5)21-16/h7-9H,6H2,1-5H3,(H,18,19). The molecule has 1 amide bonds. The number of carbonyl (C=O) groups is 1. The van der Waals surface area contributed by atoms with Crippen molar-refractivity contribution in [3.8, 4) is 0 Å². The first-order chi connectivity index (χ1) is 9.66. The second-order valence-corrected chi connectivity index (χ2v) is 6.23. The van der Waals surface area contributed by atoms with Gasteiger partial charge in [0, 0.05) is 17.6 Å². The summed E-state index contributed by atoms with van der Waals surface area (Å²) in [5, 5.41) is 2.62. The van der Waals surface area contributed by atoms with Gasteiger partial charge in [0.2, 0.25) is 5.91 Å². The van der Waals surface area contributed by atoms with Crippen LogP contribution >= 0.6 is 0 Å². The fraction of sp³-hybridized carbons (Fsp3) is 0.533. The number of carbonyl (C=O) groups excluding carboxylic acids is 1. The Morgan fingerprint density at radius 3 is 2.29 bits per heavy atom. The summed E-state index contributed by atoms with van der Waals surface area (Å²) >= 11 is 0. The van der Waals surface area contributed by atoms with Crippen LogP contribution in [0.25, 0.3) is 0 Å². The van der Waals surface area contributed by atoms with E-state index >= 15 is 0 Å². The molecule has 1 aromatic rings. The Morgan fingerprint density at radius 1 is 1.24 bits per heavy atom. The molecule has 0 radical (unpaired) electrons. The first-order valence-corrected chi connectivity index (χ1v) is 7.11. The minimum Gasteiger partial charge on any atom is -0.399 e. The van der Waals surface area contributed by atoms with E-state index in [1.807, 2.05) is 27.7 Å². The van der Waals surface area contributed by atoms with Gasteiger partial charge in [-0.25, -0.2) is 4.39 Å². The Morgan fingerprint density at radius 2 is 1.81 bits per heavy atom. The van der Waals surface area contributed by atoms with Gasteiger partial charge in [0.25, 0.3) is 0 Å². The molecule has 114 valence electrons. The van der Waals surface area contributed by atoms with Gasteiger partial charge in [-0.15, -0.1) is 0 Å². The topological polar surface area (TPSA) is 47.6 Å². The van der Waals surface area contributed by atoms with Gasteiger partial charge < -0.3 is 14.6 Å². The zero-order chi connectivity index (χ0) is 15.8. The zero-order valence-corrected chi connectivity index (χ0v) is 13.1. The highest BCUT2D eigenvalue weighted by Gasteiger charge is 2.52. The van der Waals surface area contributed by atoms with Crippen LogP contribution < -0.4 is 10.8 Å². The molecule has 0 bridgehead atoms. The van der Waals surface area contributed by atoms with E-state index < -0.39 is 24.1 Å². The molecule has 1 aromatic carbocycles. The number of halogens is 1. The summed E-state index contributed by atoms with van der Waals surface area (Å²) in [5.41, 5.74) is -0.263. The van der Waals surface area contributed by atoms with Crippen molar-refractivity contribution in [2.75, 3.05) is 5.32 Å². The summed E-state index contributed by atoms with van der Waals surface area (Å²) in [4.78, 5) is 11.3. The Bertz CT molecular complexity index is 544. The SMILES string of the molecule is CCC(=O)Nc1ccc(B2OC(C)(C)C(C)(C)O2)c(F)c1. The third kappa shape index (κ3) is 3.11. The van der Waals surface area contributed by atoms with Crippen molar-refractivity contribution in [1.82, 2.24) is 0 Å². The number of amides is 1. The van der Waals surface area contributed by atoms with Crippen molar-refractivity contribution in [3.05, 3.63) is 24.0 Å². The minimum atomic E-state index is -0.745. The number of hydrogen-bond acceptors (Lipinski definition) is 3. The van der Waals surface area contributed by atoms with Gasteiger partial charge in [-0.05, 0) is 39.8 Å². The number of anilines is 1. The molecule has 1 N–H and O–H groups in total. The van der Waals surface area contributed by atoms with E-state index in [1.54, 1.807) is 19.1 Å². The average Bonchev–Trinajstić information content (AvgIpc) is 2.58. The quantitative estimate of drug-likeness (QED) is 0.871. The van der Waals surface area contributed by atoms with Gasteiger partial charge in [0.05, 0.1) is 11.2 Å². The first-order valence-electron chi connectivity index (χ1n) is 7.11. The number of nitrogens with one attached hydrogen (secondary N) is 1. The number of rotatable bonds is 3. The molecule has 0 atom stereocenters. The van der Waals surface area contributed by atoms with Crippen LogP contribution in [0.3, 0.4) is 0 Å². The molecule has 0 spiro atoms. The Hall–Kier alpha value is -1.40. The molecule has 6 heteroatoms. The molecule has 1 aliphatic heterocycles. The normalized spacial score (nSPS) is 19.6. The number of hydrogen-bond donors (Lipinski definition) is 1. The van der Waals surface area contributed by atoms with Crippen LogP contribution in [0, 0.1) is 5.82 Å². The second kappa shape index (κ2) is 5.42. The molecule has 0 unspecified atom stereocenters. The van der Waals surface area contributed by atoms with Crippen LogP contribution in [0.4, 0.5) is 10.1 Å². The van der Waals surface area contributed by atoms with E-state index in [4.69, 9.17) is 9.31 Å². The van der Waals surface area contributed by atoms with Crippen molar-refractivity contribution in [3.63, 3.8) is 0 Å². The van der Waals surface area contributed by atoms with Crippen LogP contribution in [0.5, 0.6) is 0 Å². The second-order valence-electron chi connectivity index (χ2n) is 6.23. The molecule has 2 rings (SSSR count). The maximum atomic E-state index is 14.2.